The van der Waals surface area contributed by atoms with Crippen LogP contribution in [0, 0.1) is 12.7 Å². The number of carbonyl (C=O) groups excluding carboxylic acids is 1. The van der Waals surface area contributed by atoms with Crippen LogP contribution in [-0.4, -0.2) is 38.5 Å². The second kappa shape index (κ2) is 9.42. The van der Waals surface area contributed by atoms with Crippen LogP contribution < -0.4 is 10.6 Å². The molecule has 0 radical (unpaired) electrons. The van der Waals surface area contributed by atoms with E-state index in [9.17, 15) is 4.79 Å². The van der Waals surface area contributed by atoms with Gasteiger partial charge in [-0.25, -0.2) is 19.2 Å². The van der Waals surface area contributed by atoms with Crippen molar-refractivity contribution in [3.8, 4) is 11.4 Å². The van der Waals surface area contributed by atoms with Crippen molar-refractivity contribution in [2.45, 2.75) is 65.6 Å². The Labute approximate surface area is 187 Å². The maximum absolute atomic E-state index is 15.3. The highest BCUT2D eigenvalue weighted by Crippen LogP contribution is 2.28. The number of halogens is 1. The summed E-state index contributed by atoms with van der Waals surface area (Å²) in [5.74, 6) is 0.693. The topological polar surface area (TPSA) is 101 Å². The van der Waals surface area contributed by atoms with Crippen LogP contribution in [0.1, 0.15) is 58.2 Å². The quantitative estimate of drug-likeness (QED) is 0.697. The van der Waals surface area contributed by atoms with Crippen LogP contribution in [0.3, 0.4) is 0 Å². The fourth-order valence-corrected chi connectivity index (χ4v) is 3.27. The van der Waals surface area contributed by atoms with E-state index in [1.165, 1.54) is 6.33 Å². The van der Waals surface area contributed by atoms with Gasteiger partial charge in [-0.05, 0) is 64.3 Å². The van der Waals surface area contributed by atoms with Gasteiger partial charge in [0.15, 0.2) is 5.82 Å². The fourth-order valence-electron chi connectivity index (χ4n) is 3.27. The molecule has 0 saturated carbocycles. The van der Waals surface area contributed by atoms with E-state index in [2.05, 4.69) is 37.5 Å². The van der Waals surface area contributed by atoms with Gasteiger partial charge in [0.05, 0.1) is 17.6 Å². The predicted octanol–water partition coefficient (Wildman–Crippen LogP) is 4.73. The predicted molar refractivity (Wildman–Crippen MR) is 122 cm³/mol. The average Bonchev–Trinajstić information content (AvgIpc) is 3.16. The minimum atomic E-state index is -0.615. The standard InChI is InChI=1S/C23H29FN6O2/c1-7-15-8-11-18(28-15)29-21-26-12-25-20(30-21)17-10-9-16(13(2)19(17)24)14(3)27-22(31)32-23(4,5)6/h8-12,14-15H,7H2,1-6H3,(H,27,31)(H,25,26,28,29,30). The van der Waals surface area contributed by atoms with Crippen molar-refractivity contribution in [1.82, 2.24) is 20.3 Å². The number of alkyl carbamates (subject to hydrolysis) is 1. The smallest absolute Gasteiger partial charge is 0.408 e. The molecule has 0 aliphatic carbocycles. The lowest BCUT2D eigenvalue weighted by Gasteiger charge is -2.23. The maximum Gasteiger partial charge on any atom is 0.408 e. The van der Waals surface area contributed by atoms with E-state index in [0.717, 1.165) is 6.42 Å². The first kappa shape index (κ1) is 23.3. The van der Waals surface area contributed by atoms with Crippen molar-refractivity contribution in [2.75, 3.05) is 5.32 Å². The fraction of sp³-hybridized carbons (Fsp3) is 0.435. The van der Waals surface area contributed by atoms with E-state index in [4.69, 9.17) is 4.74 Å². The van der Waals surface area contributed by atoms with Crippen LogP contribution in [0.4, 0.5) is 15.1 Å². The van der Waals surface area contributed by atoms with Crippen molar-refractivity contribution in [2.24, 2.45) is 4.99 Å². The lowest BCUT2D eigenvalue weighted by molar-refractivity contribution is 0.0507. The summed E-state index contributed by atoms with van der Waals surface area (Å²) in [5.41, 5.74) is 0.669. The molecule has 1 aromatic heterocycles. The minimum absolute atomic E-state index is 0.141. The molecule has 9 heteroatoms. The van der Waals surface area contributed by atoms with Gasteiger partial charge in [0, 0.05) is 0 Å². The zero-order valence-corrected chi connectivity index (χ0v) is 19.2. The molecule has 2 aromatic rings. The third kappa shape index (κ3) is 5.66. The summed E-state index contributed by atoms with van der Waals surface area (Å²) in [6.45, 7) is 10.8. The molecule has 2 N–H and O–H groups in total. The summed E-state index contributed by atoms with van der Waals surface area (Å²) < 4.78 is 20.5. The van der Waals surface area contributed by atoms with Gasteiger partial charge in [-0.2, -0.15) is 4.98 Å². The van der Waals surface area contributed by atoms with Gasteiger partial charge >= 0.3 is 6.09 Å². The number of nitrogens with one attached hydrogen (secondary N) is 2. The van der Waals surface area contributed by atoms with Crippen molar-refractivity contribution < 1.29 is 13.9 Å². The van der Waals surface area contributed by atoms with E-state index in [1.54, 1.807) is 46.8 Å². The number of anilines is 1. The molecule has 2 heterocycles. The third-order valence-corrected chi connectivity index (χ3v) is 4.88. The van der Waals surface area contributed by atoms with Crippen molar-refractivity contribution in [1.29, 1.82) is 0 Å². The van der Waals surface area contributed by atoms with E-state index in [1.807, 2.05) is 12.2 Å². The molecule has 0 spiro atoms. The van der Waals surface area contributed by atoms with Gasteiger partial charge in [-0.15, -0.1) is 0 Å². The zero-order chi connectivity index (χ0) is 23.5. The molecule has 3 rings (SSSR count). The number of benzene rings is 1. The summed E-state index contributed by atoms with van der Waals surface area (Å²) in [6, 6.07) is 3.05. The Morgan fingerprint density at radius 1 is 1.28 bits per heavy atom. The lowest BCUT2D eigenvalue weighted by atomic mass is 9.98. The molecular formula is C23H29FN6O2. The SMILES string of the molecule is CCC1C=CC(Nc2ncnc(-c3ccc(C(C)NC(=O)OC(C)(C)C)c(C)c3F)n2)=N1. The number of carbonyl (C=O) groups is 1. The van der Waals surface area contributed by atoms with Crippen molar-refractivity contribution in [3.05, 3.63) is 47.6 Å². The molecule has 0 fully saturated rings. The maximum atomic E-state index is 15.3. The Morgan fingerprint density at radius 3 is 2.69 bits per heavy atom. The molecule has 0 saturated heterocycles. The lowest BCUT2D eigenvalue weighted by Crippen LogP contribution is -2.34. The molecule has 1 aromatic carbocycles. The van der Waals surface area contributed by atoms with Crippen LogP contribution in [0.2, 0.25) is 0 Å². The van der Waals surface area contributed by atoms with E-state index < -0.39 is 23.6 Å². The van der Waals surface area contributed by atoms with Crippen LogP contribution in [-0.2, 0) is 4.74 Å². The van der Waals surface area contributed by atoms with Gasteiger partial charge in [0.25, 0.3) is 0 Å². The second-order valence-electron chi connectivity index (χ2n) is 8.62. The van der Waals surface area contributed by atoms with Crippen LogP contribution in [0.25, 0.3) is 11.4 Å². The number of amides is 1. The summed E-state index contributed by atoms with van der Waals surface area (Å²) in [7, 11) is 0. The number of aliphatic imine (C=N–C) groups is 1. The largest absolute Gasteiger partial charge is 0.444 e. The zero-order valence-electron chi connectivity index (χ0n) is 19.2. The Morgan fingerprint density at radius 2 is 2.03 bits per heavy atom. The average molecular weight is 441 g/mol. The highest BCUT2D eigenvalue weighted by molar-refractivity contribution is 6.04. The number of amidine groups is 1. The third-order valence-electron chi connectivity index (χ3n) is 4.88. The number of hydrogen-bond donors (Lipinski definition) is 2. The first-order valence-corrected chi connectivity index (χ1v) is 10.6. The Bertz CT molecular complexity index is 1060. The Balaban J connectivity index is 1.79. The van der Waals surface area contributed by atoms with Gasteiger partial charge in [-0.3, -0.25) is 4.99 Å². The second-order valence-corrected chi connectivity index (χ2v) is 8.62. The molecule has 1 amide bonds. The minimum Gasteiger partial charge on any atom is -0.444 e. The summed E-state index contributed by atoms with van der Waals surface area (Å²) in [6.07, 6.45) is 5.55. The summed E-state index contributed by atoms with van der Waals surface area (Å²) in [4.78, 5) is 29.1. The number of hydrogen-bond acceptors (Lipinski definition) is 7. The monoisotopic (exact) mass is 440 g/mol. The van der Waals surface area contributed by atoms with Crippen LogP contribution in [0.5, 0.6) is 0 Å². The number of ether oxygens (including phenoxy) is 1. The van der Waals surface area contributed by atoms with E-state index in [-0.39, 0.29) is 23.4 Å². The Hall–Kier alpha value is -3.36. The van der Waals surface area contributed by atoms with Crippen LogP contribution >= 0.6 is 0 Å². The van der Waals surface area contributed by atoms with E-state index >= 15 is 4.39 Å². The molecule has 8 nitrogen and oxygen atoms in total. The number of aromatic nitrogens is 3. The first-order valence-electron chi connectivity index (χ1n) is 10.6. The molecule has 32 heavy (non-hydrogen) atoms. The highest BCUT2D eigenvalue weighted by Gasteiger charge is 2.22. The molecule has 1 aliphatic rings. The molecule has 1 aliphatic heterocycles. The first-order chi connectivity index (χ1) is 15.1. The van der Waals surface area contributed by atoms with E-state index in [0.29, 0.717) is 17.0 Å². The summed E-state index contributed by atoms with van der Waals surface area (Å²) >= 11 is 0. The van der Waals surface area contributed by atoms with Gasteiger partial charge < -0.3 is 15.4 Å². The highest BCUT2D eigenvalue weighted by atomic mass is 19.1. The van der Waals surface area contributed by atoms with Gasteiger partial charge in [0.1, 0.15) is 23.6 Å². The normalized spacial score (nSPS) is 16.5. The molecular weight excluding hydrogens is 411 g/mol. The molecule has 2 unspecified atom stereocenters. The van der Waals surface area contributed by atoms with Crippen molar-refractivity contribution in [3.63, 3.8) is 0 Å². The molecule has 170 valence electrons. The Kier molecular flexibility index (Phi) is 6.86. The van der Waals surface area contributed by atoms with Gasteiger partial charge in [-0.1, -0.05) is 19.1 Å². The summed E-state index contributed by atoms with van der Waals surface area (Å²) in [5, 5.41) is 5.78. The number of nitrogens with zero attached hydrogens (tertiary/aromatic N) is 4. The molecule has 0 bridgehead atoms. The van der Waals surface area contributed by atoms with Gasteiger partial charge in [0.2, 0.25) is 5.95 Å². The van der Waals surface area contributed by atoms with Crippen molar-refractivity contribution >= 4 is 17.9 Å². The molecule has 2 atom stereocenters. The van der Waals surface area contributed by atoms with Crippen LogP contribution in [0.15, 0.2) is 35.6 Å². The number of rotatable bonds is 5.